The molecule has 2 N–H and O–H groups in total. The van der Waals surface area contributed by atoms with Crippen molar-refractivity contribution in [3.05, 3.63) is 59.2 Å². The maximum atomic E-state index is 4.49. The van der Waals surface area contributed by atoms with E-state index in [0.29, 0.717) is 17.9 Å². The van der Waals surface area contributed by atoms with E-state index in [1.807, 2.05) is 6.20 Å². The van der Waals surface area contributed by atoms with Crippen LogP contribution in [0.4, 0.5) is 0 Å². The van der Waals surface area contributed by atoms with Crippen molar-refractivity contribution in [2.45, 2.75) is 38.6 Å². The van der Waals surface area contributed by atoms with Crippen LogP contribution in [-0.2, 0) is 0 Å². The van der Waals surface area contributed by atoms with Gasteiger partial charge in [0.1, 0.15) is 6.33 Å². The Hall–Kier alpha value is -1.82. The van der Waals surface area contributed by atoms with Crippen molar-refractivity contribution in [3.8, 4) is 0 Å². The van der Waals surface area contributed by atoms with Gasteiger partial charge in [-0.15, -0.1) is 0 Å². The van der Waals surface area contributed by atoms with Gasteiger partial charge in [-0.1, -0.05) is 23.8 Å². The highest BCUT2D eigenvalue weighted by molar-refractivity contribution is 5.34. The smallest absolute Gasteiger partial charge is 0.115 e. The van der Waals surface area contributed by atoms with Crippen molar-refractivity contribution in [1.82, 2.24) is 25.7 Å². The Morgan fingerprint density at radius 2 is 2.15 bits per heavy atom. The lowest BCUT2D eigenvalue weighted by Crippen LogP contribution is -2.39. The molecule has 2 aliphatic rings. The topological polar surface area (TPSA) is 53.1 Å². The van der Waals surface area contributed by atoms with Crippen molar-refractivity contribution in [1.29, 1.82) is 0 Å². The number of nitrogens with zero attached hydrogens (tertiary/aromatic N) is 3. The fraction of sp³-hybridized carbons (Fsp3) is 0.524. The Kier molecular flexibility index (Phi) is 5.29. The van der Waals surface area contributed by atoms with E-state index in [2.05, 4.69) is 63.8 Å². The van der Waals surface area contributed by atoms with Gasteiger partial charge in [0.2, 0.25) is 0 Å². The number of aryl methyl sites for hydroxylation is 2. The van der Waals surface area contributed by atoms with Gasteiger partial charge in [0, 0.05) is 43.4 Å². The largest absolute Gasteiger partial charge is 0.302 e. The van der Waals surface area contributed by atoms with Gasteiger partial charge in [-0.3, -0.25) is 5.43 Å². The van der Waals surface area contributed by atoms with Gasteiger partial charge in [-0.05, 0) is 50.4 Å². The molecule has 2 aromatic rings. The summed E-state index contributed by atoms with van der Waals surface area (Å²) >= 11 is 0. The van der Waals surface area contributed by atoms with Crippen LogP contribution in [0, 0.1) is 19.8 Å². The number of aromatic nitrogens is 2. The molecule has 0 bridgehead atoms. The minimum atomic E-state index is 0.384. The predicted octanol–water partition coefficient (Wildman–Crippen LogP) is 2.74. The predicted molar refractivity (Wildman–Crippen MR) is 104 cm³/mol. The van der Waals surface area contributed by atoms with Gasteiger partial charge in [0.05, 0.1) is 6.04 Å². The summed E-state index contributed by atoms with van der Waals surface area (Å²) < 4.78 is 0. The second-order valence-corrected chi connectivity index (χ2v) is 7.86. The highest BCUT2D eigenvalue weighted by atomic mass is 15.4. The molecule has 138 valence electrons. The third-order valence-corrected chi connectivity index (χ3v) is 5.88. The maximum absolute atomic E-state index is 4.49. The standard InChI is InChI=1S/C21H29N5/c1-15-5-6-16(2)19(10-15)21-18(11-24-25-21)13-26-9-3-4-17(12-26)20-7-8-22-14-23-20/h5-8,10,14,17-18,21,24-25H,3-4,9,11-13H2,1-2H3. The second-order valence-electron chi connectivity index (χ2n) is 7.86. The van der Waals surface area contributed by atoms with Crippen LogP contribution in [0.5, 0.6) is 0 Å². The van der Waals surface area contributed by atoms with Crippen LogP contribution >= 0.6 is 0 Å². The average molecular weight is 351 g/mol. The Balaban J connectivity index is 1.45. The number of rotatable bonds is 4. The summed E-state index contributed by atoms with van der Waals surface area (Å²) in [5.74, 6) is 1.12. The summed E-state index contributed by atoms with van der Waals surface area (Å²) in [4.78, 5) is 11.2. The van der Waals surface area contributed by atoms with Gasteiger partial charge in [0.25, 0.3) is 0 Å². The Bertz CT molecular complexity index is 732. The van der Waals surface area contributed by atoms with E-state index in [4.69, 9.17) is 0 Å². The molecule has 0 amide bonds. The fourth-order valence-electron chi connectivity index (χ4n) is 4.47. The zero-order valence-electron chi connectivity index (χ0n) is 15.8. The minimum Gasteiger partial charge on any atom is -0.302 e. The quantitative estimate of drug-likeness (QED) is 0.887. The summed E-state index contributed by atoms with van der Waals surface area (Å²) in [7, 11) is 0. The fourth-order valence-corrected chi connectivity index (χ4v) is 4.47. The van der Waals surface area contributed by atoms with E-state index < -0.39 is 0 Å². The molecule has 0 saturated carbocycles. The molecule has 3 heterocycles. The zero-order chi connectivity index (χ0) is 17.9. The lowest BCUT2D eigenvalue weighted by Gasteiger charge is -2.35. The zero-order valence-corrected chi connectivity index (χ0v) is 15.8. The number of hydrazine groups is 1. The molecule has 26 heavy (non-hydrogen) atoms. The van der Waals surface area contributed by atoms with Crippen molar-refractivity contribution in [3.63, 3.8) is 0 Å². The summed E-state index contributed by atoms with van der Waals surface area (Å²) in [6, 6.07) is 9.24. The highest BCUT2D eigenvalue weighted by Crippen LogP contribution is 2.31. The molecule has 1 aromatic carbocycles. The van der Waals surface area contributed by atoms with Crippen LogP contribution in [0.25, 0.3) is 0 Å². The van der Waals surface area contributed by atoms with Gasteiger partial charge in [-0.25, -0.2) is 15.4 Å². The van der Waals surface area contributed by atoms with Gasteiger partial charge < -0.3 is 4.90 Å². The second kappa shape index (κ2) is 7.82. The summed E-state index contributed by atoms with van der Waals surface area (Å²) in [6.07, 6.45) is 6.02. The first-order valence-corrected chi connectivity index (χ1v) is 9.74. The molecule has 2 fully saturated rings. The van der Waals surface area contributed by atoms with Crippen molar-refractivity contribution >= 4 is 0 Å². The van der Waals surface area contributed by atoms with E-state index in [0.717, 1.165) is 19.6 Å². The SMILES string of the molecule is Cc1ccc(C)c(C2NNCC2CN2CCCC(c3ccncn3)C2)c1. The first kappa shape index (κ1) is 17.6. The van der Waals surface area contributed by atoms with Gasteiger partial charge >= 0.3 is 0 Å². The first-order valence-electron chi connectivity index (χ1n) is 9.74. The van der Waals surface area contributed by atoms with Crippen molar-refractivity contribution in [2.75, 3.05) is 26.2 Å². The van der Waals surface area contributed by atoms with Gasteiger partial charge in [-0.2, -0.15) is 0 Å². The maximum Gasteiger partial charge on any atom is 0.115 e. The summed E-state index contributed by atoms with van der Waals surface area (Å²) in [5, 5.41) is 0. The number of benzene rings is 1. The third kappa shape index (κ3) is 3.80. The first-order chi connectivity index (χ1) is 12.7. The number of piperidine rings is 1. The summed E-state index contributed by atoms with van der Waals surface area (Å²) in [6.45, 7) is 8.84. The molecular formula is C21H29N5. The molecule has 5 heteroatoms. The van der Waals surface area contributed by atoms with Gasteiger partial charge in [0.15, 0.2) is 0 Å². The normalized spacial score (nSPS) is 26.9. The van der Waals surface area contributed by atoms with Crippen LogP contribution in [0.3, 0.4) is 0 Å². The molecule has 3 atom stereocenters. The molecule has 3 unspecified atom stereocenters. The van der Waals surface area contributed by atoms with Crippen molar-refractivity contribution in [2.24, 2.45) is 5.92 Å². The molecule has 0 radical (unpaired) electrons. The molecule has 0 aliphatic carbocycles. The lowest BCUT2D eigenvalue weighted by molar-refractivity contribution is 0.174. The third-order valence-electron chi connectivity index (χ3n) is 5.88. The van der Waals surface area contributed by atoms with Crippen LogP contribution in [0.15, 0.2) is 36.8 Å². The molecular weight excluding hydrogens is 322 g/mol. The van der Waals surface area contributed by atoms with E-state index in [1.54, 1.807) is 6.33 Å². The lowest BCUT2D eigenvalue weighted by atomic mass is 9.89. The molecule has 2 saturated heterocycles. The van der Waals surface area contributed by atoms with E-state index in [9.17, 15) is 0 Å². The van der Waals surface area contributed by atoms with Crippen molar-refractivity contribution < 1.29 is 0 Å². The highest BCUT2D eigenvalue weighted by Gasteiger charge is 2.32. The minimum absolute atomic E-state index is 0.384. The summed E-state index contributed by atoms with van der Waals surface area (Å²) in [5.41, 5.74) is 12.3. The number of hydrogen-bond acceptors (Lipinski definition) is 5. The van der Waals surface area contributed by atoms with E-state index >= 15 is 0 Å². The average Bonchev–Trinajstić information content (AvgIpc) is 3.12. The van der Waals surface area contributed by atoms with Crippen LogP contribution < -0.4 is 10.9 Å². The van der Waals surface area contributed by atoms with Crippen LogP contribution in [0.1, 0.15) is 47.2 Å². The van der Waals surface area contributed by atoms with Crippen LogP contribution in [0.2, 0.25) is 0 Å². The molecule has 5 nitrogen and oxygen atoms in total. The Morgan fingerprint density at radius 3 is 3.00 bits per heavy atom. The van der Waals surface area contributed by atoms with Crippen LogP contribution in [-0.4, -0.2) is 41.0 Å². The Labute approximate surface area is 156 Å². The Morgan fingerprint density at radius 1 is 1.23 bits per heavy atom. The molecule has 1 aromatic heterocycles. The molecule has 2 aliphatic heterocycles. The molecule has 0 spiro atoms. The number of likely N-dealkylation sites (tertiary alicyclic amines) is 1. The van der Waals surface area contributed by atoms with E-state index in [-0.39, 0.29) is 0 Å². The number of nitrogens with one attached hydrogen (secondary N) is 2. The van der Waals surface area contributed by atoms with E-state index in [1.165, 1.54) is 41.8 Å². The monoisotopic (exact) mass is 351 g/mol. The number of hydrogen-bond donors (Lipinski definition) is 2. The molecule has 4 rings (SSSR count).